The van der Waals surface area contributed by atoms with E-state index in [4.69, 9.17) is 9.47 Å². The quantitative estimate of drug-likeness (QED) is 0.632. The summed E-state index contributed by atoms with van der Waals surface area (Å²) in [6, 6.07) is 11.5. The highest BCUT2D eigenvalue weighted by atomic mass is 19.4. The molecular weight excluding hydrogens is 297 g/mol. The van der Waals surface area contributed by atoms with Crippen molar-refractivity contribution in [2.45, 2.75) is 13.1 Å². The number of ether oxygens (including phenoxy) is 2. The largest absolute Gasteiger partial charge is 0.482 e. The van der Waals surface area contributed by atoms with Gasteiger partial charge in [-0.2, -0.15) is 13.2 Å². The third kappa shape index (κ3) is 4.25. The minimum absolute atomic E-state index is 0.445. The Labute approximate surface area is 125 Å². The molecule has 0 atom stereocenters. The number of aryl methyl sites for hydroxylation is 1. The van der Waals surface area contributed by atoms with Gasteiger partial charge in [0, 0.05) is 0 Å². The molecule has 0 saturated carbocycles. The van der Waals surface area contributed by atoms with Crippen LogP contribution in [0.1, 0.15) is 11.1 Å². The molecule has 0 amide bonds. The third-order valence-electron chi connectivity index (χ3n) is 2.76. The molecule has 22 heavy (non-hydrogen) atoms. The minimum atomic E-state index is -4.59. The van der Waals surface area contributed by atoms with Crippen molar-refractivity contribution in [2.24, 2.45) is 0 Å². The molecule has 0 spiro atoms. The molecule has 3 nitrogen and oxygen atoms in total. The van der Waals surface area contributed by atoms with Gasteiger partial charge in [0.2, 0.25) is 0 Å². The summed E-state index contributed by atoms with van der Waals surface area (Å²) in [5, 5.41) is 0. The number of rotatable bonds is 4. The van der Waals surface area contributed by atoms with Gasteiger partial charge in [0.1, 0.15) is 11.5 Å². The number of carbonyl (C=O) groups excluding carboxylic acids is 1. The van der Waals surface area contributed by atoms with Crippen LogP contribution in [0.3, 0.4) is 0 Å². The standard InChI is InChI=1S/C16H13F3O3/c1-11-5-4-6-12(9-11)21-10-15(20)22-14-8-3-2-7-13(14)16(17,18)19/h2-9H,10H2,1H3. The number of carbonyl (C=O) groups is 1. The molecule has 2 aromatic rings. The number of para-hydroxylation sites is 1. The van der Waals surface area contributed by atoms with Gasteiger partial charge < -0.3 is 9.47 Å². The fraction of sp³-hybridized carbons (Fsp3) is 0.188. The molecule has 0 saturated heterocycles. The average Bonchev–Trinajstić information content (AvgIpc) is 2.45. The summed E-state index contributed by atoms with van der Waals surface area (Å²) < 4.78 is 48.2. The summed E-state index contributed by atoms with van der Waals surface area (Å²) in [4.78, 5) is 11.6. The van der Waals surface area contributed by atoms with E-state index < -0.39 is 30.1 Å². The molecule has 0 bridgehead atoms. The van der Waals surface area contributed by atoms with Crippen LogP contribution in [0.15, 0.2) is 48.5 Å². The Morgan fingerprint density at radius 1 is 1.09 bits per heavy atom. The minimum Gasteiger partial charge on any atom is -0.482 e. The van der Waals surface area contributed by atoms with E-state index in [1.54, 1.807) is 18.2 Å². The predicted octanol–water partition coefficient (Wildman–Crippen LogP) is 4.00. The molecule has 0 N–H and O–H groups in total. The van der Waals surface area contributed by atoms with Crippen LogP contribution < -0.4 is 9.47 Å². The first kappa shape index (κ1) is 15.9. The maximum absolute atomic E-state index is 12.8. The van der Waals surface area contributed by atoms with Crippen molar-refractivity contribution in [3.8, 4) is 11.5 Å². The van der Waals surface area contributed by atoms with Crippen molar-refractivity contribution in [1.29, 1.82) is 0 Å². The Morgan fingerprint density at radius 2 is 1.82 bits per heavy atom. The van der Waals surface area contributed by atoms with E-state index in [9.17, 15) is 18.0 Å². The second-order valence-electron chi connectivity index (χ2n) is 4.57. The highest BCUT2D eigenvalue weighted by molar-refractivity contribution is 5.74. The predicted molar refractivity (Wildman–Crippen MR) is 73.8 cm³/mol. The highest BCUT2D eigenvalue weighted by Gasteiger charge is 2.34. The first-order valence-electron chi connectivity index (χ1n) is 6.42. The van der Waals surface area contributed by atoms with Crippen LogP contribution in [0.5, 0.6) is 11.5 Å². The lowest BCUT2D eigenvalue weighted by atomic mass is 10.2. The molecule has 0 heterocycles. The van der Waals surface area contributed by atoms with Gasteiger partial charge >= 0.3 is 12.1 Å². The number of benzene rings is 2. The molecule has 2 aromatic carbocycles. The van der Waals surface area contributed by atoms with Crippen molar-refractivity contribution in [2.75, 3.05) is 6.61 Å². The molecule has 0 radical (unpaired) electrons. The van der Waals surface area contributed by atoms with Crippen LogP contribution in [-0.4, -0.2) is 12.6 Å². The van der Waals surface area contributed by atoms with Gasteiger partial charge in [-0.25, -0.2) is 4.79 Å². The van der Waals surface area contributed by atoms with Gasteiger partial charge in [-0.1, -0.05) is 24.3 Å². The Kier molecular flexibility index (Phi) is 4.70. The summed E-state index contributed by atoms with van der Waals surface area (Å²) in [7, 11) is 0. The molecular formula is C16H13F3O3. The van der Waals surface area contributed by atoms with Crippen LogP contribution >= 0.6 is 0 Å². The summed E-state index contributed by atoms with van der Waals surface area (Å²) in [5.74, 6) is -0.993. The lowest BCUT2D eigenvalue weighted by Crippen LogP contribution is -2.19. The Balaban J connectivity index is 2.01. The summed E-state index contributed by atoms with van der Waals surface area (Å²) >= 11 is 0. The monoisotopic (exact) mass is 310 g/mol. The van der Waals surface area contributed by atoms with E-state index in [0.29, 0.717) is 5.75 Å². The molecule has 0 aliphatic rings. The van der Waals surface area contributed by atoms with E-state index in [1.807, 2.05) is 13.0 Å². The second-order valence-corrected chi connectivity index (χ2v) is 4.57. The molecule has 0 unspecified atom stereocenters. The number of halogens is 3. The molecule has 0 aliphatic heterocycles. The normalized spacial score (nSPS) is 11.1. The van der Waals surface area contributed by atoms with Crippen LogP contribution in [0.25, 0.3) is 0 Å². The van der Waals surface area contributed by atoms with E-state index in [-0.39, 0.29) is 0 Å². The summed E-state index contributed by atoms with van der Waals surface area (Å²) in [6.45, 7) is 1.38. The smallest absolute Gasteiger partial charge is 0.419 e. The first-order valence-corrected chi connectivity index (χ1v) is 6.42. The maximum atomic E-state index is 12.8. The Morgan fingerprint density at radius 3 is 2.50 bits per heavy atom. The van der Waals surface area contributed by atoms with Crippen LogP contribution in [0.4, 0.5) is 13.2 Å². The zero-order valence-corrected chi connectivity index (χ0v) is 11.7. The molecule has 2 rings (SSSR count). The van der Waals surface area contributed by atoms with E-state index in [2.05, 4.69) is 0 Å². The Hall–Kier alpha value is -2.50. The fourth-order valence-electron chi connectivity index (χ4n) is 1.79. The van der Waals surface area contributed by atoms with Gasteiger partial charge in [-0.3, -0.25) is 0 Å². The summed E-state index contributed by atoms with van der Waals surface area (Å²) in [6.07, 6.45) is -4.59. The lowest BCUT2D eigenvalue weighted by Gasteiger charge is -2.12. The Bertz CT molecular complexity index is 666. The van der Waals surface area contributed by atoms with Crippen molar-refractivity contribution in [3.05, 3.63) is 59.7 Å². The van der Waals surface area contributed by atoms with E-state index in [1.165, 1.54) is 12.1 Å². The van der Waals surface area contributed by atoms with Crippen LogP contribution in [-0.2, 0) is 11.0 Å². The van der Waals surface area contributed by atoms with Gasteiger partial charge in [0.25, 0.3) is 0 Å². The number of alkyl halides is 3. The second kappa shape index (κ2) is 6.51. The number of hydrogen-bond donors (Lipinski definition) is 0. The van der Waals surface area contributed by atoms with E-state index in [0.717, 1.165) is 17.7 Å². The molecule has 0 fully saturated rings. The van der Waals surface area contributed by atoms with Gasteiger partial charge in [-0.05, 0) is 36.8 Å². The lowest BCUT2D eigenvalue weighted by molar-refractivity contribution is -0.143. The van der Waals surface area contributed by atoms with Gasteiger partial charge in [0.15, 0.2) is 6.61 Å². The zero-order valence-electron chi connectivity index (χ0n) is 11.7. The van der Waals surface area contributed by atoms with Crippen molar-refractivity contribution >= 4 is 5.97 Å². The van der Waals surface area contributed by atoms with E-state index >= 15 is 0 Å². The topological polar surface area (TPSA) is 35.5 Å². The van der Waals surface area contributed by atoms with Crippen LogP contribution in [0.2, 0.25) is 0 Å². The third-order valence-corrected chi connectivity index (χ3v) is 2.76. The van der Waals surface area contributed by atoms with Gasteiger partial charge in [-0.15, -0.1) is 0 Å². The highest BCUT2D eigenvalue weighted by Crippen LogP contribution is 2.35. The fourth-order valence-corrected chi connectivity index (χ4v) is 1.79. The molecule has 116 valence electrons. The van der Waals surface area contributed by atoms with Crippen molar-refractivity contribution in [1.82, 2.24) is 0 Å². The van der Waals surface area contributed by atoms with Crippen molar-refractivity contribution < 1.29 is 27.4 Å². The van der Waals surface area contributed by atoms with Gasteiger partial charge in [0.05, 0.1) is 5.56 Å². The average molecular weight is 310 g/mol. The molecule has 0 aliphatic carbocycles. The first-order chi connectivity index (χ1) is 10.4. The molecule has 0 aromatic heterocycles. The summed E-state index contributed by atoms with van der Waals surface area (Å²) in [5.41, 5.74) is -0.0628. The van der Waals surface area contributed by atoms with Crippen LogP contribution in [0, 0.1) is 6.92 Å². The molecule has 6 heteroatoms. The van der Waals surface area contributed by atoms with Crippen molar-refractivity contribution in [3.63, 3.8) is 0 Å². The number of esters is 1. The SMILES string of the molecule is Cc1cccc(OCC(=O)Oc2ccccc2C(F)(F)F)c1. The zero-order chi connectivity index (χ0) is 16.2. The number of hydrogen-bond acceptors (Lipinski definition) is 3. The maximum Gasteiger partial charge on any atom is 0.419 e.